The SMILES string of the molecule is CCC(C)(C)c1ccc(OCCCn2c(C3OC(=O)N(c4ccccc4OC)C3=O)nc3c(NC(C)=O)cc(Cl)cc3c2=O)c(C(C)(C)CC)c1. The zero-order chi connectivity index (χ0) is 37.2. The van der Waals surface area contributed by atoms with Gasteiger partial charge in [0.05, 0.1) is 30.5 Å². The van der Waals surface area contributed by atoms with E-state index in [2.05, 4.69) is 59.0 Å². The zero-order valence-corrected chi connectivity index (χ0v) is 31.1. The van der Waals surface area contributed by atoms with Crippen molar-refractivity contribution in [3.05, 3.63) is 86.9 Å². The van der Waals surface area contributed by atoms with Gasteiger partial charge in [-0.1, -0.05) is 77.4 Å². The number of imide groups is 1. The van der Waals surface area contributed by atoms with E-state index in [0.29, 0.717) is 6.42 Å². The third-order valence-corrected chi connectivity index (χ3v) is 10.0. The number of amides is 3. The molecule has 1 aliphatic heterocycles. The zero-order valence-electron chi connectivity index (χ0n) is 30.4. The molecule has 0 saturated carbocycles. The second-order valence-electron chi connectivity index (χ2n) is 14.0. The van der Waals surface area contributed by atoms with Gasteiger partial charge in [-0.05, 0) is 66.0 Å². The largest absolute Gasteiger partial charge is 0.495 e. The van der Waals surface area contributed by atoms with Gasteiger partial charge in [0.25, 0.3) is 11.5 Å². The van der Waals surface area contributed by atoms with Gasteiger partial charge in [-0.3, -0.25) is 19.0 Å². The predicted octanol–water partition coefficient (Wildman–Crippen LogP) is 8.09. The van der Waals surface area contributed by atoms with Gasteiger partial charge in [0, 0.05) is 24.1 Å². The fraction of sp³-hybridized carbons (Fsp3) is 0.410. The number of hydrogen-bond acceptors (Lipinski definition) is 8. The van der Waals surface area contributed by atoms with Gasteiger partial charge >= 0.3 is 6.09 Å². The highest BCUT2D eigenvalue weighted by atomic mass is 35.5. The van der Waals surface area contributed by atoms with Crippen LogP contribution >= 0.6 is 11.6 Å². The van der Waals surface area contributed by atoms with Crippen LogP contribution in [0, 0.1) is 0 Å². The second kappa shape index (κ2) is 14.8. The van der Waals surface area contributed by atoms with E-state index >= 15 is 0 Å². The number of methoxy groups -OCH3 is 1. The Morgan fingerprint density at radius 3 is 2.35 bits per heavy atom. The van der Waals surface area contributed by atoms with E-state index in [0.717, 1.165) is 29.1 Å². The van der Waals surface area contributed by atoms with Crippen LogP contribution < -0.4 is 25.2 Å². The molecular formula is C39H45ClN4O7. The molecule has 1 aromatic heterocycles. The highest BCUT2D eigenvalue weighted by Crippen LogP contribution is 2.39. The molecule has 1 saturated heterocycles. The molecule has 4 aromatic rings. The summed E-state index contributed by atoms with van der Waals surface area (Å²) in [5.74, 6) is -0.218. The Labute approximate surface area is 302 Å². The molecule has 5 rings (SSSR count). The number of hydrogen-bond donors (Lipinski definition) is 1. The Balaban J connectivity index is 1.53. The number of carbonyl (C=O) groups excluding carboxylic acids is 3. The van der Waals surface area contributed by atoms with Crippen LogP contribution in [0.4, 0.5) is 16.2 Å². The van der Waals surface area contributed by atoms with Crippen molar-refractivity contribution in [1.82, 2.24) is 9.55 Å². The Hall–Kier alpha value is -4.90. The normalized spacial score (nSPS) is 14.9. The molecule has 3 amide bonds. The number of carbonyl (C=O) groups is 3. The minimum atomic E-state index is -1.56. The Morgan fingerprint density at radius 2 is 1.69 bits per heavy atom. The summed E-state index contributed by atoms with van der Waals surface area (Å²) in [6.07, 6.45) is -0.267. The van der Waals surface area contributed by atoms with Gasteiger partial charge in [-0.15, -0.1) is 0 Å². The second-order valence-corrected chi connectivity index (χ2v) is 14.4. The molecule has 2 heterocycles. The number of aromatic nitrogens is 2. The van der Waals surface area contributed by atoms with Crippen molar-refractivity contribution in [1.29, 1.82) is 0 Å². The molecule has 1 aliphatic rings. The van der Waals surface area contributed by atoms with E-state index in [4.69, 9.17) is 30.8 Å². The van der Waals surface area contributed by atoms with E-state index < -0.39 is 29.6 Å². The lowest BCUT2D eigenvalue weighted by Gasteiger charge is -2.30. The van der Waals surface area contributed by atoms with E-state index in [1.54, 1.807) is 24.3 Å². The summed E-state index contributed by atoms with van der Waals surface area (Å²) >= 11 is 6.37. The Morgan fingerprint density at radius 1 is 0.980 bits per heavy atom. The third-order valence-electron chi connectivity index (χ3n) is 9.81. The number of cyclic esters (lactones) is 1. The van der Waals surface area contributed by atoms with Crippen LogP contribution in [0.1, 0.15) is 90.8 Å². The number of nitrogens with one attached hydrogen (secondary N) is 1. The summed E-state index contributed by atoms with van der Waals surface area (Å²) in [6, 6.07) is 15.8. The standard InChI is InChI=1S/C39H45ClN4O7/c1-9-38(4,5)24-16-17-30(27(20-24)39(6,7)10-2)50-19-13-18-43-34(42-32-26(35(43)46)21-25(40)22-28(32)41-23(3)45)33-36(47)44(37(48)51-33)29-14-11-12-15-31(29)49-8/h11-12,14-17,20-22,33H,9-10,13,18-19H2,1-8H3,(H,41,45). The van der Waals surface area contributed by atoms with E-state index in [-0.39, 0.29) is 62.9 Å². The number of halogens is 1. The lowest BCUT2D eigenvalue weighted by molar-refractivity contribution is -0.122. The first kappa shape index (κ1) is 37.4. The lowest BCUT2D eigenvalue weighted by atomic mass is 9.76. The molecule has 0 aliphatic carbocycles. The van der Waals surface area contributed by atoms with Gasteiger partial charge in [-0.2, -0.15) is 0 Å². The maximum atomic E-state index is 14.2. The van der Waals surface area contributed by atoms with E-state index in [9.17, 15) is 19.2 Å². The number of nitrogens with zero attached hydrogens (tertiary/aromatic N) is 3. The number of rotatable bonds is 13. The van der Waals surface area contributed by atoms with Crippen molar-refractivity contribution < 1.29 is 28.6 Å². The van der Waals surface area contributed by atoms with Crippen LogP contribution in [-0.4, -0.2) is 41.2 Å². The first-order valence-corrected chi connectivity index (χ1v) is 17.5. The fourth-order valence-electron chi connectivity index (χ4n) is 6.02. The van der Waals surface area contributed by atoms with Gasteiger partial charge < -0.3 is 19.5 Å². The van der Waals surface area contributed by atoms with Crippen LogP contribution in [0.3, 0.4) is 0 Å². The molecule has 0 bridgehead atoms. The molecule has 0 radical (unpaired) electrons. The molecule has 51 heavy (non-hydrogen) atoms. The van der Waals surface area contributed by atoms with E-state index in [1.807, 2.05) is 6.07 Å². The van der Waals surface area contributed by atoms with Gasteiger partial charge in [-0.25, -0.2) is 14.7 Å². The van der Waals surface area contributed by atoms with Crippen LogP contribution in [0.5, 0.6) is 11.5 Å². The predicted molar refractivity (Wildman–Crippen MR) is 198 cm³/mol. The van der Waals surface area contributed by atoms with Crippen LogP contribution in [0.25, 0.3) is 10.9 Å². The minimum Gasteiger partial charge on any atom is -0.495 e. The fourth-order valence-corrected chi connectivity index (χ4v) is 6.24. The Bertz CT molecular complexity index is 2060. The molecule has 11 nitrogen and oxygen atoms in total. The quantitative estimate of drug-likeness (QED) is 0.138. The maximum absolute atomic E-state index is 14.2. The first-order valence-electron chi connectivity index (χ1n) is 17.1. The Kier molecular flexibility index (Phi) is 10.8. The van der Waals surface area contributed by atoms with Crippen molar-refractivity contribution in [3.8, 4) is 11.5 Å². The van der Waals surface area contributed by atoms with Gasteiger partial charge in [0.2, 0.25) is 12.0 Å². The molecule has 0 spiro atoms. The number of benzene rings is 3. The maximum Gasteiger partial charge on any atom is 0.422 e. The van der Waals surface area contributed by atoms with Crippen molar-refractivity contribution in [3.63, 3.8) is 0 Å². The van der Waals surface area contributed by atoms with Crippen molar-refractivity contribution in [2.45, 2.75) is 91.2 Å². The highest BCUT2D eigenvalue weighted by molar-refractivity contribution is 6.32. The number of fused-ring (bicyclic) bond motifs is 1. The molecule has 1 atom stereocenters. The smallest absolute Gasteiger partial charge is 0.422 e. The average molecular weight is 717 g/mol. The highest BCUT2D eigenvalue weighted by Gasteiger charge is 2.46. The first-order chi connectivity index (χ1) is 24.1. The number of para-hydroxylation sites is 2. The molecule has 1 N–H and O–H groups in total. The van der Waals surface area contributed by atoms with Crippen molar-refractivity contribution in [2.75, 3.05) is 23.9 Å². The monoisotopic (exact) mass is 716 g/mol. The molecule has 12 heteroatoms. The summed E-state index contributed by atoms with van der Waals surface area (Å²) in [4.78, 5) is 59.0. The topological polar surface area (TPSA) is 129 Å². The average Bonchev–Trinajstić information content (AvgIpc) is 3.39. The third kappa shape index (κ3) is 7.44. The molecule has 270 valence electrons. The summed E-state index contributed by atoms with van der Waals surface area (Å²) in [6.45, 7) is 14.8. The van der Waals surface area contributed by atoms with Gasteiger partial charge in [0.15, 0.2) is 5.82 Å². The van der Waals surface area contributed by atoms with Crippen molar-refractivity contribution in [2.24, 2.45) is 0 Å². The van der Waals surface area contributed by atoms with Gasteiger partial charge in [0.1, 0.15) is 17.0 Å². The summed E-state index contributed by atoms with van der Waals surface area (Å²) in [7, 11) is 1.42. The molecule has 1 unspecified atom stereocenters. The van der Waals surface area contributed by atoms with E-state index in [1.165, 1.54) is 36.3 Å². The number of anilines is 2. The summed E-state index contributed by atoms with van der Waals surface area (Å²) in [5.41, 5.74) is 2.14. The molecular weight excluding hydrogens is 672 g/mol. The molecule has 1 fully saturated rings. The van der Waals surface area contributed by atoms with Crippen LogP contribution in [0.2, 0.25) is 5.02 Å². The van der Waals surface area contributed by atoms with Crippen LogP contribution in [-0.2, 0) is 31.7 Å². The lowest BCUT2D eigenvalue weighted by Crippen LogP contribution is -2.33. The van der Waals surface area contributed by atoms with Crippen molar-refractivity contribution >= 4 is 51.8 Å². The van der Waals surface area contributed by atoms with Crippen LogP contribution in [0.15, 0.2) is 59.4 Å². The number of ether oxygens (including phenoxy) is 3. The summed E-state index contributed by atoms with van der Waals surface area (Å²) < 4.78 is 18.7. The molecule has 3 aromatic carbocycles. The minimum absolute atomic E-state index is 0.00278. The summed E-state index contributed by atoms with van der Waals surface area (Å²) in [5, 5.41) is 2.99.